The second-order valence-corrected chi connectivity index (χ2v) is 4.70. The number of rotatable bonds is 4. The minimum Gasteiger partial charge on any atom is -0.481 e. The predicted molar refractivity (Wildman–Crippen MR) is 56.3 cm³/mol. The minimum atomic E-state index is -3.28. The van der Waals surface area contributed by atoms with Gasteiger partial charge in [-0.1, -0.05) is 19.3 Å². The Bertz CT molecular complexity index is 259. The number of carbonyl (C=O) groups is 1. The van der Waals surface area contributed by atoms with Gasteiger partial charge < -0.3 is 10.8 Å². The van der Waals surface area contributed by atoms with E-state index in [0.29, 0.717) is 19.8 Å². The Balaban J connectivity index is 3.06. The van der Waals surface area contributed by atoms with Gasteiger partial charge in [-0.05, 0) is 18.8 Å². The summed E-state index contributed by atoms with van der Waals surface area (Å²) in [6, 6.07) is 0. The highest BCUT2D eigenvalue weighted by Crippen LogP contribution is 2.48. The zero-order chi connectivity index (χ0) is 12.4. The van der Waals surface area contributed by atoms with Gasteiger partial charge in [-0.3, -0.25) is 4.79 Å². The van der Waals surface area contributed by atoms with E-state index >= 15 is 0 Å². The van der Waals surface area contributed by atoms with Gasteiger partial charge in [0.15, 0.2) is 0 Å². The summed E-state index contributed by atoms with van der Waals surface area (Å²) >= 11 is 0. The molecule has 3 N–H and O–H groups in total. The van der Waals surface area contributed by atoms with Crippen LogP contribution in [0.25, 0.3) is 0 Å². The highest BCUT2D eigenvalue weighted by atomic mass is 19.3. The van der Waals surface area contributed by atoms with Crippen molar-refractivity contribution in [2.24, 2.45) is 17.1 Å². The van der Waals surface area contributed by atoms with Crippen molar-refractivity contribution in [3.63, 3.8) is 0 Å². The first-order chi connectivity index (χ1) is 7.36. The van der Waals surface area contributed by atoms with Crippen molar-refractivity contribution in [2.45, 2.75) is 45.0 Å². The lowest BCUT2D eigenvalue weighted by molar-refractivity contribution is -0.187. The molecule has 16 heavy (non-hydrogen) atoms. The zero-order valence-corrected chi connectivity index (χ0v) is 9.51. The monoisotopic (exact) mass is 235 g/mol. The van der Waals surface area contributed by atoms with Crippen molar-refractivity contribution < 1.29 is 18.7 Å². The number of nitrogens with two attached hydrogens (primary N) is 1. The molecule has 0 heterocycles. The largest absolute Gasteiger partial charge is 0.481 e. The molecule has 0 bridgehead atoms. The molecule has 0 radical (unpaired) electrons. The molecule has 1 unspecified atom stereocenters. The van der Waals surface area contributed by atoms with Gasteiger partial charge in [-0.25, -0.2) is 8.78 Å². The number of alkyl halides is 2. The summed E-state index contributed by atoms with van der Waals surface area (Å²) in [6.45, 7) is 0.166. The van der Waals surface area contributed by atoms with E-state index in [9.17, 15) is 13.6 Å². The maximum atomic E-state index is 13.6. The van der Waals surface area contributed by atoms with Crippen LogP contribution >= 0.6 is 0 Å². The second-order valence-electron chi connectivity index (χ2n) is 4.70. The lowest BCUT2D eigenvalue weighted by atomic mass is 9.65. The fraction of sp³-hybridized carbons (Fsp3) is 0.909. The van der Waals surface area contributed by atoms with Gasteiger partial charge in [0, 0.05) is 13.5 Å². The first-order valence-electron chi connectivity index (χ1n) is 5.67. The molecule has 1 rings (SSSR count). The number of hydrogen-bond donors (Lipinski definition) is 2. The molecular formula is C11H19F2NO2. The normalized spacial score (nSPS) is 22.8. The lowest BCUT2D eigenvalue weighted by Crippen LogP contribution is -2.56. The molecule has 0 aromatic carbocycles. The standard InChI is InChI=1S/C11H19F2NO2/c1-10(12,13)11(7-14,9(15)16)8-5-3-2-4-6-8/h8H,2-7,14H2,1H3,(H,15,16). The quantitative estimate of drug-likeness (QED) is 0.785. The molecule has 94 valence electrons. The Morgan fingerprint density at radius 3 is 2.19 bits per heavy atom. The summed E-state index contributed by atoms with van der Waals surface area (Å²) in [7, 11) is 0. The predicted octanol–water partition coefficient (Wildman–Crippen LogP) is 2.25. The molecule has 1 saturated carbocycles. The molecular weight excluding hydrogens is 216 g/mol. The fourth-order valence-electron chi connectivity index (χ4n) is 2.75. The lowest BCUT2D eigenvalue weighted by Gasteiger charge is -2.42. The summed E-state index contributed by atoms with van der Waals surface area (Å²) < 4.78 is 27.2. The third-order valence-electron chi connectivity index (χ3n) is 3.79. The Morgan fingerprint density at radius 1 is 1.38 bits per heavy atom. The van der Waals surface area contributed by atoms with Gasteiger partial charge in [-0.2, -0.15) is 0 Å². The first kappa shape index (κ1) is 13.4. The van der Waals surface area contributed by atoms with Crippen molar-refractivity contribution in [1.82, 2.24) is 0 Å². The molecule has 5 heteroatoms. The van der Waals surface area contributed by atoms with Crippen molar-refractivity contribution in [2.75, 3.05) is 6.54 Å². The maximum absolute atomic E-state index is 13.6. The van der Waals surface area contributed by atoms with Crippen LogP contribution in [-0.4, -0.2) is 23.5 Å². The molecule has 0 saturated heterocycles. The SMILES string of the molecule is CC(F)(F)C(CN)(C(=O)O)C1CCCCC1. The summed E-state index contributed by atoms with van der Waals surface area (Å²) in [5.41, 5.74) is 3.27. The Morgan fingerprint density at radius 2 is 1.88 bits per heavy atom. The summed E-state index contributed by atoms with van der Waals surface area (Å²) in [5.74, 6) is -5.26. The topological polar surface area (TPSA) is 63.3 Å². The second kappa shape index (κ2) is 4.65. The number of hydrogen-bond acceptors (Lipinski definition) is 2. The average molecular weight is 235 g/mol. The third-order valence-corrected chi connectivity index (χ3v) is 3.79. The van der Waals surface area contributed by atoms with Crippen molar-refractivity contribution in [3.05, 3.63) is 0 Å². The van der Waals surface area contributed by atoms with E-state index in [4.69, 9.17) is 10.8 Å². The zero-order valence-electron chi connectivity index (χ0n) is 9.51. The number of halogens is 2. The molecule has 3 nitrogen and oxygen atoms in total. The Hall–Kier alpha value is -0.710. The van der Waals surface area contributed by atoms with Gasteiger partial charge in [0.1, 0.15) is 5.41 Å². The van der Waals surface area contributed by atoms with Crippen LogP contribution in [-0.2, 0) is 4.79 Å². The number of carboxylic acids is 1. The summed E-state index contributed by atoms with van der Waals surface area (Å²) in [4.78, 5) is 11.2. The number of aliphatic carboxylic acids is 1. The van der Waals surface area contributed by atoms with Crippen molar-refractivity contribution >= 4 is 5.97 Å². The van der Waals surface area contributed by atoms with Crippen LogP contribution < -0.4 is 5.73 Å². The van der Waals surface area contributed by atoms with E-state index < -0.39 is 29.8 Å². The molecule has 1 atom stereocenters. The van der Waals surface area contributed by atoms with E-state index in [1.807, 2.05) is 0 Å². The first-order valence-corrected chi connectivity index (χ1v) is 5.67. The molecule has 1 fully saturated rings. The molecule has 1 aliphatic rings. The van der Waals surface area contributed by atoms with Gasteiger partial charge in [0.05, 0.1) is 0 Å². The van der Waals surface area contributed by atoms with E-state index in [0.717, 1.165) is 19.3 Å². The fourth-order valence-corrected chi connectivity index (χ4v) is 2.75. The Labute approximate surface area is 94.0 Å². The summed E-state index contributed by atoms with van der Waals surface area (Å²) in [5, 5.41) is 9.15. The molecule has 0 amide bonds. The summed E-state index contributed by atoms with van der Waals surface area (Å²) in [6.07, 6.45) is 3.69. The van der Waals surface area contributed by atoms with Gasteiger partial charge in [-0.15, -0.1) is 0 Å². The van der Waals surface area contributed by atoms with Gasteiger partial charge in [0.2, 0.25) is 0 Å². The maximum Gasteiger partial charge on any atom is 0.317 e. The highest BCUT2D eigenvalue weighted by Gasteiger charge is 2.59. The van der Waals surface area contributed by atoms with Gasteiger partial charge >= 0.3 is 5.97 Å². The van der Waals surface area contributed by atoms with Crippen LogP contribution in [0.4, 0.5) is 8.78 Å². The molecule has 0 aromatic rings. The number of carboxylic acid groups (broad SMARTS) is 1. The van der Waals surface area contributed by atoms with E-state index in [1.165, 1.54) is 0 Å². The van der Waals surface area contributed by atoms with Crippen LogP contribution in [0.15, 0.2) is 0 Å². The van der Waals surface area contributed by atoms with Crippen LogP contribution in [0, 0.1) is 11.3 Å². The Kier molecular flexibility index (Phi) is 3.88. The van der Waals surface area contributed by atoms with Crippen LogP contribution in [0.2, 0.25) is 0 Å². The minimum absolute atomic E-state index is 0.503. The smallest absolute Gasteiger partial charge is 0.317 e. The molecule has 1 aliphatic carbocycles. The van der Waals surface area contributed by atoms with Crippen molar-refractivity contribution in [3.8, 4) is 0 Å². The van der Waals surface area contributed by atoms with E-state index in [2.05, 4.69) is 0 Å². The van der Waals surface area contributed by atoms with Crippen molar-refractivity contribution in [1.29, 1.82) is 0 Å². The third kappa shape index (κ3) is 2.05. The van der Waals surface area contributed by atoms with Crippen LogP contribution in [0.5, 0.6) is 0 Å². The average Bonchev–Trinajstić information content (AvgIpc) is 2.18. The molecule has 0 aliphatic heterocycles. The molecule has 0 aromatic heterocycles. The van der Waals surface area contributed by atoms with E-state index in [1.54, 1.807) is 0 Å². The highest BCUT2D eigenvalue weighted by molar-refractivity contribution is 5.76. The van der Waals surface area contributed by atoms with Crippen LogP contribution in [0.1, 0.15) is 39.0 Å². The van der Waals surface area contributed by atoms with Gasteiger partial charge in [0.25, 0.3) is 5.92 Å². The van der Waals surface area contributed by atoms with E-state index in [-0.39, 0.29) is 0 Å². The van der Waals surface area contributed by atoms with Crippen LogP contribution in [0.3, 0.4) is 0 Å². The molecule has 0 spiro atoms.